The lowest BCUT2D eigenvalue weighted by Crippen LogP contribution is -2.09. The molecule has 5 nitrogen and oxygen atoms in total. The van der Waals surface area contributed by atoms with Gasteiger partial charge in [0.05, 0.1) is 13.2 Å². The molecule has 0 amide bonds. The Kier molecular flexibility index (Phi) is 6.67. The predicted octanol–water partition coefficient (Wildman–Crippen LogP) is 3.97. The molecule has 130 valence electrons. The summed E-state index contributed by atoms with van der Waals surface area (Å²) in [6.45, 7) is 4.24. The number of carbonyl (C=O) groups is 2. The number of aromatic amines is 1. The largest absolute Gasteiger partial charge is 0.466 e. The highest BCUT2D eigenvalue weighted by Gasteiger charge is 2.19. The second-order valence-corrected chi connectivity index (χ2v) is 5.64. The van der Waals surface area contributed by atoms with Crippen LogP contribution in [0.5, 0.6) is 0 Å². The van der Waals surface area contributed by atoms with Gasteiger partial charge < -0.3 is 14.5 Å². The van der Waals surface area contributed by atoms with Gasteiger partial charge in [0.15, 0.2) is 0 Å². The Hall–Kier alpha value is -2.01. The van der Waals surface area contributed by atoms with Crippen LogP contribution in [-0.2, 0) is 26.6 Å². The van der Waals surface area contributed by atoms with Crippen LogP contribution in [0.25, 0.3) is 10.9 Å². The smallest absolute Gasteiger partial charge is 0.355 e. The van der Waals surface area contributed by atoms with Crippen LogP contribution in [0.1, 0.15) is 48.3 Å². The van der Waals surface area contributed by atoms with E-state index in [1.807, 2.05) is 18.2 Å². The predicted molar refractivity (Wildman–Crippen MR) is 93.4 cm³/mol. The van der Waals surface area contributed by atoms with Gasteiger partial charge in [-0.05, 0) is 49.9 Å². The third kappa shape index (κ3) is 4.29. The number of halogens is 1. The van der Waals surface area contributed by atoms with Crippen molar-refractivity contribution in [2.24, 2.45) is 0 Å². The molecule has 0 saturated heterocycles. The second-order valence-electron chi connectivity index (χ2n) is 5.37. The van der Waals surface area contributed by atoms with E-state index >= 15 is 0 Å². The van der Waals surface area contributed by atoms with Crippen molar-refractivity contribution in [1.82, 2.24) is 4.98 Å². The van der Waals surface area contributed by atoms with E-state index in [2.05, 4.69) is 4.98 Å². The Morgan fingerprint density at radius 1 is 1.17 bits per heavy atom. The number of rotatable bonds is 8. The lowest BCUT2D eigenvalue weighted by molar-refractivity contribution is -0.143. The highest BCUT2D eigenvalue weighted by Crippen LogP contribution is 2.27. The summed E-state index contributed by atoms with van der Waals surface area (Å²) in [5.74, 6) is -0.207. The molecule has 0 aliphatic carbocycles. The zero-order chi connectivity index (χ0) is 17.5. The number of aryl methyl sites for hydroxylation is 1. The number of alkyl halides is 1. The van der Waals surface area contributed by atoms with Crippen LogP contribution in [0, 0.1) is 0 Å². The Bertz CT molecular complexity index is 723. The highest BCUT2D eigenvalue weighted by molar-refractivity contribution is 6.17. The molecule has 0 saturated carbocycles. The summed E-state index contributed by atoms with van der Waals surface area (Å²) < 4.78 is 10.1. The fraction of sp³-hybridized carbons (Fsp3) is 0.444. The number of ether oxygens (including phenoxy) is 2. The van der Waals surface area contributed by atoms with E-state index in [0.29, 0.717) is 44.1 Å². The van der Waals surface area contributed by atoms with Gasteiger partial charge in [-0.25, -0.2) is 4.79 Å². The number of H-pyrrole nitrogens is 1. The van der Waals surface area contributed by atoms with Gasteiger partial charge in [0.2, 0.25) is 0 Å². The first-order valence-electron chi connectivity index (χ1n) is 8.12. The fourth-order valence-electron chi connectivity index (χ4n) is 2.66. The van der Waals surface area contributed by atoms with Crippen LogP contribution < -0.4 is 0 Å². The minimum absolute atomic E-state index is 0.225. The second kappa shape index (κ2) is 8.73. The molecule has 0 fully saturated rings. The van der Waals surface area contributed by atoms with Crippen molar-refractivity contribution in [3.8, 4) is 0 Å². The van der Waals surface area contributed by atoms with E-state index in [9.17, 15) is 9.59 Å². The minimum Gasteiger partial charge on any atom is -0.466 e. The molecule has 2 aromatic rings. The van der Waals surface area contributed by atoms with Crippen LogP contribution in [0.15, 0.2) is 18.2 Å². The standard InChI is InChI=1S/C18H22ClNO4/c1-3-23-16(21)7-5-6-13-14-10-12(11-19)8-9-15(14)20-17(13)18(22)24-4-2/h8-10,20H,3-7,11H2,1-2H3. The number of carbonyl (C=O) groups excluding carboxylic acids is 2. The Morgan fingerprint density at radius 3 is 2.58 bits per heavy atom. The van der Waals surface area contributed by atoms with Crippen molar-refractivity contribution in [3.63, 3.8) is 0 Å². The first-order chi connectivity index (χ1) is 11.6. The normalized spacial score (nSPS) is 10.8. The van der Waals surface area contributed by atoms with Gasteiger partial charge in [-0.1, -0.05) is 6.07 Å². The third-order valence-electron chi connectivity index (χ3n) is 3.72. The summed E-state index contributed by atoms with van der Waals surface area (Å²) >= 11 is 5.92. The van der Waals surface area contributed by atoms with Gasteiger partial charge in [-0.3, -0.25) is 4.79 Å². The van der Waals surface area contributed by atoms with Gasteiger partial charge in [-0.15, -0.1) is 11.6 Å². The van der Waals surface area contributed by atoms with E-state index in [0.717, 1.165) is 22.0 Å². The van der Waals surface area contributed by atoms with E-state index in [1.54, 1.807) is 13.8 Å². The SMILES string of the molecule is CCOC(=O)CCCc1c(C(=O)OCC)[nH]c2ccc(CCl)cc12. The molecule has 0 aliphatic heterocycles. The van der Waals surface area contributed by atoms with Crippen molar-refractivity contribution in [2.75, 3.05) is 13.2 Å². The van der Waals surface area contributed by atoms with Crippen LogP contribution >= 0.6 is 11.6 Å². The van der Waals surface area contributed by atoms with Crippen molar-refractivity contribution in [1.29, 1.82) is 0 Å². The summed E-state index contributed by atoms with van der Waals surface area (Å²) in [5.41, 5.74) is 3.14. The van der Waals surface area contributed by atoms with Crippen molar-refractivity contribution >= 4 is 34.4 Å². The summed E-state index contributed by atoms with van der Waals surface area (Å²) in [5, 5.41) is 0.945. The minimum atomic E-state index is -0.382. The molecule has 0 aliphatic rings. The molecule has 1 aromatic carbocycles. The van der Waals surface area contributed by atoms with Crippen molar-refractivity contribution in [3.05, 3.63) is 35.0 Å². The first-order valence-corrected chi connectivity index (χ1v) is 8.66. The Balaban J connectivity index is 2.29. The van der Waals surface area contributed by atoms with Gasteiger partial charge in [0.25, 0.3) is 0 Å². The molecular formula is C18H22ClNO4. The number of esters is 2. The van der Waals surface area contributed by atoms with Crippen LogP contribution in [0.4, 0.5) is 0 Å². The maximum atomic E-state index is 12.2. The lowest BCUT2D eigenvalue weighted by Gasteiger charge is -2.05. The highest BCUT2D eigenvalue weighted by atomic mass is 35.5. The average Bonchev–Trinajstić information content (AvgIpc) is 2.93. The maximum Gasteiger partial charge on any atom is 0.355 e. The molecule has 1 heterocycles. The number of hydrogen-bond donors (Lipinski definition) is 1. The Labute approximate surface area is 146 Å². The molecule has 2 rings (SSSR count). The molecule has 6 heteroatoms. The number of benzene rings is 1. The molecule has 0 spiro atoms. The van der Waals surface area contributed by atoms with Gasteiger partial charge >= 0.3 is 11.9 Å². The summed E-state index contributed by atoms with van der Waals surface area (Å²) in [4.78, 5) is 26.9. The number of fused-ring (bicyclic) bond motifs is 1. The number of hydrogen-bond acceptors (Lipinski definition) is 4. The molecule has 1 N–H and O–H groups in total. The first kappa shape index (κ1) is 18.3. The zero-order valence-corrected chi connectivity index (χ0v) is 14.7. The third-order valence-corrected chi connectivity index (χ3v) is 4.03. The molecule has 0 bridgehead atoms. The zero-order valence-electron chi connectivity index (χ0n) is 14.0. The molecule has 24 heavy (non-hydrogen) atoms. The lowest BCUT2D eigenvalue weighted by atomic mass is 10.0. The van der Waals surface area contributed by atoms with Crippen LogP contribution in [-0.4, -0.2) is 30.1 Å². The fourth-order valence-corrected chi connectivity index (χ4v) is 2.82. The molecule has 0 radical (unpaired) electrons. The van der Waals surface area contributed by atoms with E-state index < -0.39 is 0 Å². The van der Waals surface area contributed by atoms with E-state index in [1.165, 1.54) is 0 Å². The van der Waals surface area contributed by atoms with Crippen molar-refractivity contribution < 1.29 is 19.1 Å². The average molecular weight is 352 g/mol. The van der Waals surface area contributed by atoms with Crippen molar-refractivity contribution in [2.45, 2.75) is 39.0 Å². The van der Waals surface area contributed by atoms with E-state index in [4.69, 9.17) is 21.1 Å². The van der Waals surface area contributed by atoms with Crippen LogP contribution in [0.2, 0.25) is 0 Å². The summed E-state index contributed by atoms with van der Waals surface area (Å²) in [6, 6.07) is 5.80. The topological polar surface area (TPSA) is 68.4 Å². The van der Waals surface area contributed by atoms with Gasteiger partial charge in [-0.2, -0.15) is 0 Å². The molecule has 1 aromatic heterocycles. The number of aromatic nitrogens is 1. The monoisotopic (exact) mass is 351 g/mol. The molecule has 0 atom stereocenters. The van der Waals surface area contributed by atoms with Gasteiger partial charge in [0, 0.05) is 23.2 Å². The Morgan fingerprint density at radius 2 is 1.92 bits per heavy atom. The molecular weight excluding hydrogens is 330 g/mol. The van der Waals surface area contributed by atoms with Crippen LogP contribution in [0.3, 0.4) is 0 Å². The summed E-state index contributed by atoms with van der Waals surface area (Å²) in [6.07, 6.45) is 1.50. The summed E-state index contributed by atoms with van der Waals surface area (Å²) in [7, 11) is 0. The molecule has 0 unspecified atom stereocenters. The van der Waals surface area contributed by atoms with E-state index in [-0.39, 0.29) is 11.9 Å². The van der Waals surface area contributed by atoms with Gasteiger partial charge in [0.1, 0.15) is 5.69 Å². The quantitative estimate of drug-likeness (QED) is 0.577. The number of nitrogens with one attached hydrogen (secondary N) is 1. The maximum absolute atomic E-state index is 12.2.